The van der Waals surface area contributed by atoms with Crippen molar-refractivity contribution in [3.63, 3.8) is 0 Å². The standard InChI is InChI=1S/C16H25N3O2/c1-6-19-10-14(8-18-19)20-11-13-7-12(2)15(21-13)9-17-16(3,4)5/h7-8,10,17H,6,9,11H2,1-5H3. The number of aromatic nitrogens is 2. The molecule has 2 aromatic heterocycles. The summed E-state index contributed by atoms with van der Waals surface area (Å²) in [5.74, 6) is 2.57. The van der Waals surface area contributed by atoms with Crippen LogP contribution in [0.3, 0.4) is 0 Å². The third-order valence-corrected chi connectivity index (χ3v) is 3.17. The van der Waals surface area contributed by atoms with Crippen LogP contribution in [0.4, 0.5) is 0 Å². The van der Waals surface area contributed by atoms with Crippen LogP contribution < -0.4 is 10.1 Å². The molecule has 0 unspecified atom stereocenters. The molecular weight excluding hydrogens is 266 g/mol. The fourth-order valence-electron chi connectivity index (χ4n) is 1.93. The van der Waals surface area contributed by atoms with Gasteiger partial charge < -0.3 is 14.5 Å². The average molecular weight is 291 g/mol. The van der Waals surface area contributed by atoms with E-state index in [1.54, 1.807) is 6.20 Å². The number of aryl methyl sites for hydroxylation is 2. The van der Waals surface area contributed by atoms with Crippen LogP contribution in [-0.2, 0) is 19.7 Å². The molecule has 1 N–H and O–H groups in total. The van der Waals surface area contributed by atoms with Crippen LogP contribution in [0.15, 0.2) is 22.9 Å². The molecule has 0 aliphatic carbocycles. The first-order valence-corrected chi connectivity index (χ1v) is 7.36. The van der Waals surface area contributed by atoms with Gasteiger partial charge in [0.2, 0.25) is 0 Å². The Labute approximate surface area is 126 Å². The lowest BCUT2D eigenvalue weighted by atomic mass is 10.1. The predicted molar refractivity (Wildman–Crippen MR) is 82.3 cm³/mol. The summed E-state index contributed by atoms with van der Waals surface area (Å²) in [6.07, 6.45) is 3.61. The Bertz CT molecular complexity index is 579. The first-order chi connectivity index (χ1) is 9.87. The molecule has 0 amide bonds. The molecule has 0 radical (unpaired) electrons. The molecule has 2 heterocycles. The molecule has 116 valence electrons. The highest BCUT2D eigenvalue weighted by atomic mass is 16.5. The zero-order chi connectivity index (χ0) is 15.5. The Morgan fingerprint density at radius 3 is 2.76 bits per heavy atom. The van der Waals surface area contributed by atoms with E-state index in [4.69, 9.17) is 9.15 Å². The highest BCUT2D eigenvalue weighted by Crippen LogP contribution is 2.18. The van der Waals surface area contributed by atoms with Crippen molar-refractivity contribution in [2.45, 2.75) is 59.9 Å². The molecule has 2 rings (SSSR count). The molecule has 0 fully saturated rings. The van der Waals surface area contributed by atoms with Gasteiger partial charge in [0.25, 0.3) is 0 Å². The highest BCUT2D eigenvalue weighted by molar-refractivity contribution is 5.20. The highest BCUT2D eigenvalue weighted by Gasteiger charge is 2.13. The maximum absolute atomic E-state index is 5.85. The SMILES string of the molecule is CCn1cc(OCc2cc(C)c(CNC(C)(C)C)o2)cn1. The van der Waals surface area contributed by atoms with Gasteiger partial charge in [-0.3, -0.25) is 4.68 Å². The van der Waals surface area contributed by atoms with Gasteiger partial charge in [-0.2, -0.15) is 5.10 Å². The first kappa shape index (κ1) is 15.6. The largest absolute Gasteiger partial charge is 0.482 e. The van der Waals surface area contributed by atoms with Gasteiger partial charge in [-0.05, 0) is 46.2 Å². The van der Waals surface area contributed by atoms with Gasteiger partial charge in [0.15, 0.2) is 5.75 Å². The van der Waals surface area contributed by atoms with Crippen molar-refractivity contribution in [1.82, 2.24) is 15.1 Å². The molecule has 0 atom stereocenters. The number of nitrogens with zero attached hydrogens (tertiary/aromatic N) is 2. The predicted octanol–water partition coefficient (Wildman–Crippen LogP) is 3.27. The van der Waals surface area contributed by atoms with E-state index in [0.717, 1.165) is 35.9 Å². The van der Waals surface area contributed by atoms with E-state index in [9.17, 15) is 0 Å². The average Bonchev–Trinajstić information content (AvgIpc) is 2.99. The monoisotopic (exact) mass is 291 g/mol. The van der Waals surface area contributed by atoms with E-state index in [-0.39, 0.29) is 5.54 Å². The van der Waals surface area contributed by atoms with Crippen LogP contribution in [0.25, 0.3) is 0 Å². The molecule has 21 heavy (non-hydrogen) atoms. The molecule has 0 aromatic carbocycles. The van der Waals surface area contributed by atoms with Crippen LogP contribution in [0.1, 0.15) is 44.8 Å². The first-order valence-electron chi connectivity index (χ1n) is 7.36. The van der Waals surface area contributed by atoms with Crippen molar-refractivity contribution >= 4 is 0 Å². The third-order valence-electron chi connectivity index (χ3n) is 3.17. The van der Waals surface area contributed by atoms with E-state index in [2.05, 4.69) is 38.1 Å². The Morgan fingerprint density at radius 1 is 1.38 bits per heavy atom. The van der Waals surface area contributed by atoms with Crippen LogP contribution in [0, 0.1) is 6.92 Å². The third kappa shape index (κ3) is 4.63. The van der Waals surface area contributed by atoms with Crippen molar-refractivity contribution < 1.29 is 9.15 Å². The van der Waals surface area contributed by atoms with Crippen molar-refractivity contribution in [1.29, 1.82) is 0 Å². The van der Waals surface area contributed by atoms with Crippen LogP contribution in [0.5, 0.6) is 5.75 Å². The molecule has 0 spiro atoms. The normalized spacial score (nSPS) is 11.9. The fraction of sp³-hybridized carbons (Fsp3) is 0.562. The van der Waals surface area contributed by atoms with E-state index >= 15 is 0 Å². The van der Waals surface area contributed by atoms with Gasteiger partial charge in [0.05, 0.1) is 18.9 Å². The van der Waals surface area contributed by atoms with E-state index < -0.39 is 0 Å². The van der Waals surface area contributed by atoms with Crippen molar-refractivity contribution in [2.75, 3.05) is 0 Å². The molecule has 2 aromatic rings. The maximum atomic E-state index is 5.85. The molecule has 0 aliphatic heterocycles. The smallest absolute Gasteiger partial charge is 0.157 e. The van der Waals surface area contributed by atoms with Crippen molar-refractivity contribution in [3.8, 4) is 5.75 Å². The second kappa shape index (κ2) is 6.35. The number of rotatable bonds is 6. The molecule has 0 aliphatic rings. The van der Waals surface area contributed by atoms with Crippen molar-refractivity contribution in [2.24, 2.45) is 0 Å². The minimum atomic E-state index is 0.0740. The second-order valence-electron chi connectivity index (χ2n) is 6.24. The zero-order valence-corrected chi connectivity index (χ0v) is 13.6. The minimum Gasteiger partial charge on any atom is -0.482 e. The lowest BCUT2D eigenvalue weighted by molar-refractivity contribution is 0.262. The number of ether oxygens (including phenoxy) is 1. The lowest BCUT2D eigenvalue weighted by Gasteiger charge is -2.19. The summed E-state index contributed by atoms with van der Waals surface area (Å²) < 4.78 is 13.4. The summed E-state index contributed by atoms with van der Waals surface area (Å²) in [6, 6.07) is 2.03. The van der Waals surface area contributed by atoms with Gasteiger partial charge in [-0.15, -0.1) is 0 Å². The molecule has 5 nitrogen and oxygen atoms in total. The van der Waals surface area contributed by atoms with Crippen molar-refractivity contribution in [3.05, 3.63) is 35.5 Å². The zero-order valence-electron chi connectivity index (χ0n) is 13.6. The molecule has 0 bridgehead atoms. The lowest BCUT2D eigenvalue weighted by Crippen LogP contribution is -2.35. The van der Waals surface area contributed by atoms with Gasteiger partial charge >= 0.3 is 0 Å². The molecular formula is C16H25N3O2. The number of hydrogen-bond acceptors (Lipinski definition) is 4. The summed E-state index contributed by atoms with van der Waals surface area (Å²) in [4.78, 5) is 0. The summed E-state index contributed by atoms with van der Waals surface area (Å²) in [6.45, 7) is 12.5. The fourth-order valence-corrected chi connectivity index (χ4v) is 1.93. The number of nitrogens with one attached hydrogen (secondary N) is 1. The van der Waals surface area contributed by atoms with Gasteiger partial charge in [0.1, 0.15) is 18.1 Å². The van der Waals surface area contributed by atoms with Gasteiger partial charge in [-0.1, -0.05) is 0 Å². The van der Waals surface area contributed by atoms with Gasteiger partial charge in [0, 0.05) is 12.1 Å². The molecule has 0 saturated heterocycles. The maximum Gasteiger partial charge on any atom is 0.157 e. The summed E-state index contributed by atoms with van der Waals surface area (Å²) >= 11 is 0. The van der Waals surface area contributed by atoms with Crippen LogP contribution in [-0.4, -0.2) is 15.3 Å². The Hall–Kier alpha value is -1.75. The summed E-state index contributed by atoms with van der Waals surface area (Å²) in [7, 11) is 0. The van der Waals surface area contributed by atoms with E-state index in [1.807, 2.05) is 23.9 Å². The topological polar surface area (TPSA) is 52.2 Å². The number of hydrogen-bond donors (Lipinski definition) is 1. The van der Waals surface area contributed by atoms with E-state index in [1.165, 1.54) is 0 Å². The summed E-state index contributed by atoms with van der Waals surface area (Å²) in [5, 5.41) is 7.61. The Morgan fingerprint density at radius 2 is 2.14 bits per heavy atom. The quantitative estimate of drug-likeness (QED) is 0.887. The second-order valence-corrected chi connectivity index (χ2v) is 6.24. The minimum absolute atomic E-state index is 0.0740. The number of furan rings is 1. The Kier molecular flexibility index (Phi) is 4.73. The van der Waals surface area contributed by atoms with Crippen LogP contribution in [0.2, 0.25) is 0 Å². The summed E-state index contributed by atoms with van der Waals surface area (Å²) in [5.41, 5.74) is 1.22. The van der Waals surface area contributed by atoms with E-state index in [0.29, 0.717) is 6.61 Å². The molecule has 0 saturated carbocycles. The van der Waals surface area contributed by atoms with Gasteiger partial charge in [-0.25, -0.2) is 0 Å². The Balaban J connectivity index is 1.92. The van der Waals surface area contributed by atoms with Crippen LogP contribution >= 0.6 is 0 Å². The molecule has 5 heteroatoms.